The lowest BCUT2D eigenvalue weighted by Crippen LogP contribution is -2.11. The van der Waals surface area contributed by atoms with Crippen LogP contribution in [0.5, 0.6) is 0 Å². The molecule has 0 saturated heterocycles. The van der Waals surface area contributed by atoms with Crippen LogP contribution in [0.2, 0.25) is 0 Å². The van der Waals surface area contributed by atoms with E-state index in [-0.39, 0.29) is 0 Å². The zero-order valence-electron chi connectivity index (χ0n) is 10.4. The van der Waals surface area contributed by atoms with Crippen LogP contribution in [0.3, 0.4) is 0 Å². The summed E-state index contributed by atoms with van der Waals surface area (Å²) in [6.45, 7) is 11.3. The first kappa shape index (κ1) is 12.6. The van der Waals surface area contributed by atoms with E-state index in [1.807, 2.05) is 0 Å². The Morgan fingerprint density at radius 3 is 2.38 bits per heavy atom. The smallest absolute Gasteiger partial charge is 0.0763 e. The second kappa shape index (κ2) is 6.21. The predicted octanol–water partition coefficient (Wildman–Crippen LogP) is 3.29. The highest BCUT2D eigenvalue weighted by atomic mass is 14.8. The fourth-order valence-corrected chi connectivity index (χ4v) is 1.42. The molecular weight excluding hydrogens is 196 g/mol. The summed E-state index contributed by atoms with van der Waals surface area (Å²) in [5.41, 5.74) is 3.65. The minimum absolute atomic E-state index is 0.441. The van der Waals surface area contributed by atoms with Gasteiger partial charge in [0.1, 0.15) is 0 Å². The molecule has 0 bridgehead atoms. The van der Waals surface area contributed by atoms with Gasteiger partial charge in [-0.1, -0.05) is 43.7 Å². The van der Waals surface area contributed by atoms with Gasteiger partial charge >= 0.3 is 0 Å². The van der Waals surface area contributed by atoms with Crippen molar-refractivity contribution in [2.75, 3.05) is 6.54 Å². The van der Waals surface area contributed by atoms with E-state index >= 15 is 0 Å². The highest BCUT2D eigenvalue weighted by Gasteiger charge is 2.03. The summed E-state index contributed by atoms with van der Waals surface area (Å²) in [7, 11) is 0. The SMILES string of the molecule is C=NC/C(=N\Cc1ccc(C)cc1)C(C)C. The highest BCUT2D eigenvalue weighted by molar-refractivity contribution is 5.88. The Balaban J connectivity index is 2.69. The maximum Gasteiger partial charge on any atom is 0.0763 e. The minimum Gasteiger partial charge on any atom is -0.295 e. The molecule has 0 heterocycles. The van der Waals surface area contributed by atoms with Gasteiger partial charge < -0.3 is 0 Å². The van der Waals surface area contributed by atoms with Crippen molar-refractivity contribution in [2.24, 2.45) is 15.9 Å². The summed E-state index contributed by atoms with van der Waals surface area (Å²) in [6.07, 6.45) is 0. The van der Waals surface area contributed by atoms with Gasteiger partial charge in [0.15, 0.2) is 0 Å². The molecule has 0 amide bonds. The van der Waals surface area contributed by atoms with Gasteiger partial charge in [-0.05, 0) is 25.1 Å². The van der Waals surface area contributed by atoms with Gasteiger partial charge in [-0.25, -0.2) is 0 Å². The van der Waals surface area contributed by atoms with Gasteiger partial charge in [-0.15, -0.1) is 0 Å². The molecule has 0 aliphatic heterocycles. The minimum atomic E-state index is 0.441. The van der Waals surface area contributed by atoms with E-state index in [0.717, 1.165) is 12.3 Å². The summed E-state index contributed by atoms with van der Waals surface area (Å²) >= 11 is 0. The van der Waals surface area contributed by atoms with Crippen molar-refractivity contribution < 1.29 is 0 Å². The molecule has 86 valence electrons. The number of hydrogen-bond acceptors (Lipinski definition) is 2. The molecule has 2 nitrogen and oxygen atoms in total. The van der Waals surface area contributed by atoms with Crippen molar-refractivity contribution in [1.82, 2.24) is 0 Å². The Morgan fingerprint density at radius 1 is 1.25 bits per heavy atom. The molecule has 0 aromatic heterocycles. The number of hydrogen-bond donors (Lipinski definition) is 0. The fraction of sp³-hybridized carbons (Fsp3) is 0.429. The Bertz CT molecular complexity index is 361. The maximum absolute atomic E-state index is 4.60. The topological polar surface area (TPSA) is 24.7 Å². The predicted molar refractivity (Wildman–Crippen MR) is 71.6 cm³/mol. The van der Waals surface area contributed by atoms with Crippen LogP contribution in [0.4, 0.5) is 0 Å². The molecule has 16 heavy (non-hydrogen) atoms. The van der Waals surface area contributed by atoms with Crippen molar-refractivity contribution >= 4 is 12.4 Å². The van der Waals surface area contributed by atoms with Gasteiger partial charge in [0, 0.05) is 5.71 Å². The molecule has 1 aromatic carbocycles. The first-order chi connectivity index (χ1) is 7.63. The molecule has 0 atom stereocenters. The van der Waals surface area contributed by atoms with Crippen molar-refractivity contribution in [3.8, 4) is 0 Å². The molecule has 0 saturated carbocycles. The van der Waals surface area contributed by atoms with Crippen LogP contribution in [-0.4, -0.2) is 19.0 Å². The summed E-state index contributed by atoms with van der Waals surface area (Å²) in [5.74, 6) is 0.441. The molecule has 0 aliphatic carbocycles. The number of aliphatic imine (C=N–C) groups is 2. The van der Waals surface area contributed by atoms with E-state index in [4.69, 9.17) is 0 Å². The second-order valence-electron chi connectivity index (χ2n) is 4.33. The Kier molecular flexibility index (Phi) is 4.90. The standard InChI is InChI=1S/C14H20N2/c1-11(2)14(10-15-4)16-9-13-7-5-12(3)6-8-13/h5-8,11H,4,9-10H2,1-3H3/b16-14+. The Morgan fingerprint density at radius 2 is 1.88 bits per heavy atom. The van der Waals surface area contributed by atoms with E-state index in [9.17, 15) is 0 Å². The van der Waals surface area contributed by atoms with Crippen molar-refractivity contribution in [3.63, 3.8) is 0 Å². The molecule has 0 N–H and O–H groups in total. The van der Waals surface area contributed by atoms with Crippen LogP contribution < -0.4 is 0 Å². The van der Waals surface area contributed by atoms with Crippen molar-refractivity contribution in [1.29, 1.82) is 0 Å². The summed E-state index contributed by atoms with van der Waals surface area (Å²) in [6, 6.07) is 8.48. The van der Waals surface area contributed by atoms with Crippen LogP contribution in [0.25, 0.3) is 0 Å². The molecule has 2 heteroatoms. The normalized spacial score (nSPS) is 11.9. The Labute approximate surface area is 98.1 Å². The molecule has 0 radical (unpaired) electrons. The van der Waals surface area contributed by atoms with Crippen LogP contribution in [0.1, 0.15) is 25.0 Å². The largest absolute Gasteiger partial charge is 0.295 e. The van der Waals surface area contributed by atoms with Gasteiger partial charge in [-0.3, -0.25) is 9.98 Å². The number of benzene rings is 1. The number of rotatable bonds is 5. The van der Waals surface area contributed by atoms with E-state index in [1.54, 1.807) is 0 Å². The van der Waals surface area contributed by atoms with E-state index in [2.05, 4.69) is 61.7 Å². The van der Waals surface area contributed by atoms with E-state index in [1.165, 1.54) is 11.1 Å². The number of aryl methyl sites for hydroxylation is 1. The lowest BCUT2D eigenvalue weighted by Gasteiger charge is -2.07. The molecule has 0 unspecified atom stereocenters. The highest BCUT2D eigenvalue weighted by Crippen LogP contribution is 2.06. The van der Waals surface area contributed by atoms with Crippen molar-refractivity contribution in [2.45, 2.75) is 27.3 Å². The third kappa shape index (κ3) is 3.97. The molecule has 0 spiro atoms. The molecule has 1 rings (SSSR count). The second-order valence-corrected chi connectivity index (χ2v) is 4.33. The quantitative estimate of drug-likeness (QED) is 0.675. The summed E-state index contributed by atoms with van der Waals surface area (Å²) < 4.78 is 0. The van der Waals surface area contributed by atoms with Crippen LogP contribution in [-0.2, 0) is 6.54 Å². The van der Waals surface area contributed by atoms with E-state index < -0.39 is 0 Å². The maximum atomic E-state index is 4.60. The van der Waals surface area contributed by atoms with Crippen LogP contribution in [0, 0.1) is 12.8 Å². The van der Waals surface area contributed by atoms with Crippen LogP contribution >= 0.6 is 0 Å². The lowest BCUT2D eigenvalue weighted by atomic mass is 10.1. The lowest BCUT2D eigenvalue weighted by molar-refractivity contribution is 0.848. The van der Waals surface area contributed by atoms with Crippen molar-refractivity contribution in [3.05, 3.63) is 35.4 Å². The third-order valence-corrected chi connectivity index (χ3v) is 2.53. The van der Waals surface area contributed by atoms with E-state index in [0.29, 0.717) is 12.5 Å². The Hall–Kier alpha value is -1.44. The molecular formula is C14H20N2. The van der Waals surface area contributed by atoms with Gasteiger partial charge in [0.05, 0.1) is 13.1 Å². The molecule has 0 aliphatic rings. The average Bonchev–Trinajstić information content (AvgIpc) is 2.26. The number of nitrogens with zero attached hydrogens (tertiary/aromatic N) is 2. The van der Waals surface area contributed by atoms with Gasteiger partial charge in [-0.2, -0.15) is 0 Å². The summed E-state index contributed by atoms with van der Waals surface area (Å²) in [4.78, 5) is 8.50. The first-order valence-electron chi connectivity index (χ1n) is 5.64. The first-order valence-corrected chi connectivity index (χ1v) is 5.64. The van der Waals surface area contributed by atoms with Crippen LogP contribution in [0.15, 0.2) is 34.3 Å². The zero-order valence-corrected chi connectivity index (χ0v) is 10.4. The van der Waals surface area contributed by atoms with Gasteiger partial charge in [0.2, 0.25) is 0 Å². The summed E-state index contributed by atoms with van der Waals surface area (Å²) in [5, 5.41) is 0. The monoisotopic (exact) mass is 216 g/mol. The zero-order chi connectivity index (χ0) is 12.0. The third-order valence-electron chi connectivity index (χ3n) is 2.53. The van der Waals surface area contributed by atoms with Gasteiger partial charge in [0.25, 0.3) is 0 Å². The molecule has 1 aromatic rings. The fourth-order valence-electron chi connectivity index (χ4n) is 1.42. The molecule has 0 fully saturated rings. The average molecular weight is 216 g/mol.